The van der Waals surface area contributed by atoms with Crippen molar-refractivity contribution in [2.45, 2.75) is 59.2 Å². The van der Waals surface area contributed by atoms with Crippen molar-refractivity contribution in [3.8, 4) is 0 Å². The highest BCUT2D eigenvalue weighted by Gasteiger charge is 2.17. The minimum absolute atomic E-state index is 0.0760. The summed E-state index contributed by atoms with van der Waals surface area (Å²) in [6, 6.07) is 6.43. The predicted octanol–water partition coefficient (Wildman–Crippen LogP) is 4.15. The number of alkyl carbamates (subject to hydrolysis) is 1. The lowest BCUT2D eigenvalue weighted by Gasteiger charge is -2.22. The van der Waals surface area contributed by atoms with E-state index in [4.69, 9.17) is 4.74 Å². The number of carbonyl (C=O) groups excluding carboxylic acids is 1. The highest BCUT2D eigenvalue weighted by atomic mass is 79.9. The molecule has 124 valence electrons. The zero-order valence-electron chi connectivity index (χ0n) is 14.1. The first-order chi connectivity index (χ1) is 10.2. The zero-order valence-corrected chi connectivity index (χ0v) is 15.7. The van der Waals surface area contributed by atoms with E-state index >= 15 is 0 Å². The third kappa shape index (κ3) is 7.80. The standard InChI is InChI=1S/C17H27BrN2O2/c1-12-6-7-14(10-15(12)18)11-19-9-8-13(2)20-16(21)22-17(3,4)5/h6-7,10,13,19H,8-9,11H2,1-5H3,(H,20,21). The van der Waals surface area contributed by atoms with Gasteiger partial charge in [-0.1, -0.05) is 28.1 Å². The van der Waals surface area contributed by atoms with Gasteiger partial charge in [0.15, 0.2) is 0 Å². The van der Waals surface area contributed by atoms with Gasteiger partial charge in [-0.3, -0.25) is 0 Å². The van der Waals surface area contributed by atoms with Gasteiger partial charge < -0.3 is 15.4 Å². The van der Waals surface area contributed by atoms with Crippen molar-refractivity contribution in [3.63, 3.8) is 0 Å². The number of hydrogen-bond acceptors (Lipinski definition) is 3. The van der Waals surface area contributed by atoms with Crippen LogP contribution in [0.3, 0.4) is 0 Å². The van der Waals surface area contributed by atoms with Crippen LogP contribution in [0.2, 0.25) is 0 Å². The second kappa shape index (κ2) is 8.53. The summed E-state index contributed by atoms with van der Waals surface area (Å²) in [5.74, 6) is 0. The van der Waals surface area contributed by atoms with Gasteiger partial charge in [-0.05, 0) is 64.8 Å². The quantitative estimate of drug-likeness (QED) is 0.739. The first-order valence-corrected chi connectivity index (χ1v) is 8.42. The Balaban J connectivity index is 2.23. The highest BCUT2D eigenvalue weighted by Crippen LogP contribution is 2.17. The van der Waals surface area contributed by atoms with Crippen LogP contribution in [0.5, 0.6) is 0 Å². The van der Waals surface area contributed by atoms with E-state index in [0.717, 1.165) is 24.0 Å². The lowest BCUT2D eigenvalue weighted by Crippen LogP contribution is -2.38. The largest absolute Gasteiger partial charge is 0.444 e. The third-order valence-corrected chi connectivity index (χ3v) is 3.94. The second-order valence-corrected chi connectivity index (χ2v) is 7.45. The number of ether oxygens (including phenoxy) is 1. The van der Waals surface area contributed by atoms with Crippen LogP contribution in [0.4, 0.5) is 4.79 Å². The number of nitrogens with one attached hydrogen (secondary N) is 2. The molecule has 5 heteroatoms. The molecule has 0 aliphatic rings. The normalized spacial score (nSPS) is 12.8. The van der Waals surface area contributed by atoms with E-state index in [0.29, 0.717) is 0 Å². The Morgan fingerprint density at radius 2 is 2.05 bits per heavy atom. The van der Waals surface area contributed by atoms with Crippen molar-refractivity contribution in [1.29, 1.82) is 0 Å². The average molecular weight is 371 g/mol. The maximum Gasteiger partial charge on any atom is 0.407 e. The van der Waals surface area contributed by atoms with Crippen molar-refractivity contribution >= 4 is 22.0 Å². The Bertz CT molecular complexity index is 498. The monoisotopic (exact) mass is 370 g/mol. The fourth-order valence-corrected chi connectivity index (χ4v) is 2.30. The molecule has 2 N–H and O–H groups in total. The van der Waals surface area contributed by atoms with Crippen molar-refractivity contribution in [1.82, 2.24) is 10.6 Å². The summed E-state index contributed by atoms with van der Waals surface area (Å²) < 4.78 is 6.36. The maximum absolute atomic E-state index is 11.6. The van der Waals surface area contributed by atoms with E-state index in [-0.39, 0.29) is 12.1 Å². The molecule has 1 atom stereocenters. The van der Waals surface area contributed by atoms with Crippen LogP contribution in [0, 0.1) is 6.92 Å². The average Bonchev–Trinajstić information content (AvgIpc) is 2.36. The molecule has 1 amide bonds. The molecule has 1 unspecified atom stereocenters. The summed E-state index contributed by atoms with van der Waals surface area (Å²) in [5.41, 5.74) is 2.02. The second-order valence-electron chi connectivity index (χ2n) is 6.60. The molecule has 0 aromatic heterocycles. The molecule has 0 aliphatic heterocycles. The number of hydrogen-bond donors (Lipinski definition) is 2. The van der Waals surface area contributed by atoms with Gasteiger partial charge in [0.25, 0.3) is 0 Å². The summed E-state index contributed by atoms with van der Waals surface area (Å²) in [4.78, 5) is 11.6. The van der Waals surface area contributed by atoms with Crippen LogP contribution in [0.15, 0.2) is 22.7 Å². The lowest BCUT2D eigenvalue weighted by atomic mass is 10.1. The first-order valence-electron chi connectivity index (χ1n) is 7.62. The minimum Gasteiger partial charge on any atom is -0.444 e. The summed E-state index contributed by atoms with van der Waals surface area (Å²) in [6.07, 6.45) is 0.495. The smallest absolute Gasteiger partial charge is 0.407 e. The number of carbonyl (C=O) groups is 1. The Labute approximate surface area is 142 Å². The van der Waals surface area contributed by atoms with Gasteiger partial charge >= 0.3 is 6.09 Å². The molecular formula is C17H27BrN2O2. The van der Waals surface area contributed by atoms with Gasteiger partial charge in [0.2, 0.25) is 0 Å². The van der Waals surface area contributed by atoms with E-state index in [2.05, 4.69) is 51.7 Å². The number of amides is 1. The fourth-order valence-electron chi connectivity index (χ4n) is 1.88. The van der Waals surface area contributed by atoms with Crippen LogP contribution in [-0.4, -0.2) is 24.3 Å². The predicted molar refractivity (Wildman–Crippen MR) is 94.0 cm³/mol. The topological polar surface area (TPSA) is 50.4 Å². The lowest BCUT2D eigenvalue weighted by molar-refractivity contribution is 0.0506. The maximum atomic E-state index is 11.6. The summed E-state index contributed by atoms with van der Waals surface area (Å²) in [7, 11) is 0. The van der Waals surface area contributed by atoms with Gasteiger partial charge in [0, 0.05) is 17.1 Å². The molecule has 0 saturated carbocycles. The Morgan fingerprint density at radius 1 is 1.36 bits per heavy atom. The molecule has 1 rings (SSSR count). The van der Waals surface area contributed by atoms with Gasteiger partial charge in [0.1, 0.15) is 5.60 Å². The Hall–Kier alpha value is -1.07. The van der Waals surface area contributed by atoms with E-state index in [1.165, 1.54) is 11.1 Å². The first kappa shape index (κ1) is 19.0. The molecule has 1 aromatic carbocycles. The van der Waals surface area contributed by atoms with E-state index in [1.54, 1.807) is 0 Å². The molecule has 0 saturated heterocycles. The molecule has 0 heterocycles. The Morgan fingerprint density at radius 3 is 2.64 bits per heavy atom. The summed E-state index contributed by atoms with van der Waals surface area (Å²) in [6.45, 7) is 11.3. The van der Waals surface area contributed by atoms with Gasteiger partial charge in [-0.25, -0.2) is 4.79 Å². The fraction of sp³-hybridized carbons (Fsp3) is 0.588. The number of benzene rings is 1. The number of halogens is 1. The molecule has 4 nitrogen and oxygen atoms in total. The van der Waals surface area contributed by atoms with Crippen LogP contribution in [0.1, 0.15) is 45.2 Å². The molecule has 0 spiro atoms. The SMILES string of the molecule is Cc1ccc(CNCCC(C)NC(=O)OC(C)(C)C)cc1Br. The van der Waals surface area contributed by atoms with E-state index in [1.807, 2.05) is 27.7 Å². The molecule has 0 fully saturated rings. The van der Waals surface area contributed by atoms with Gasteiger partial charge in [0.05, 0.1) is 0 Å². The Kier molecular flexibility index (Phi) is 7.36. The van der Waals surface area contributed by atoms with Crippen molar-refractivity contribution in [3.05, 3.63) is 33.8 Å². The summed E-state index contributed by atoms with van der Waals surface area (Å²) >= 11 is 3.54. The number of rotatable bonds is 6. The third-order valence-electron chi connectivity index (χ3n) is 3.08. The van der Waals surface area contributed by atoms with Gasteiger partial charge in [-0.2, -0.15) is 0 Å². The van der Waals surface area contributed by atoms with Crippen LogP contribution >= 0.6 is 15.9 Å². The van der Waals surface area contributed by atoms with Crippen LogP contribution < -0.4 is 10.6 Å². The van der Waals surface area contributed by atoms with Gasteiger partial charge in [-0.15, -0.1) is 0 Å². The highest BCUT2D eigenvalue weighted by molar-refractivity contribution is 9.10. The molecule has 0 radical (unpaired) electrons. The van der Waals surface area contributed by atoms with E-state index < -0.39 is 5.60 Å². The molecule has 1 aromatic rings. The molecular weight excluding hydrogens is 344 g/mol. The van der Waals surface area contributed by atoms with Crippen LogP contribution in [-0.2, 0) is 11.3 Å². The van der Waals surface area contributed by atoms with Crippen LogP contribution in [0.25, 0.3) is 0 Å². The van der Waals surface area contributed by atoms with E-state index in [9.17, 15) is 4.79 Å². The van der Waals surface area contributed by atoms with Crippen molar-refractivity contribution in [2.24, 2.45) is 0 Å². The molecule has 0 bridgehead atoms. The molecule has 22 heavy (non-hydrogen) atoms. The zero-order chi connectivity index (χ0) is 16.8. The minimum atomic E-state index is -0.457. The molecule has 0 aliphatic carbocycles. The van der Waals surface area contributed by atoms with Crippen molar-refractivity contribution < 1.29 is 9.53 Å². The van der Waals surface area contributed by atoms with Crippen molar-refractivity contribution in [2.75, 3.05) is 6.54 Å². The number of aryl methyl sites for hydroxylation is 1. The summed E-state index contributed by atoms with van der Waals surface area (Å²) in [5, 5.41) is 6.23.